The summed E-state index contributed by atoms with van der Waals surface area (Å²) in [6.45, 7) is 1.38. The molecule has 0 aromatic heterocycles. The second kappa shape index (κ2) is 13.8. The molecular weight excluding hydrogens is 362 g/mol. The van der Waals surface area contributed by atoms with E-state index in [0.717, 1.165) is 24.1 Å². The van der Waals surface area contributed by atoms with Gasteiger partial charge in [-0.05, 0) is 48.3 Å². The molecule has 1 heterocycles. The molecular formula is C25H35NO3. The van der Waals surface area contributed by atoms with Gasteiger partial charge in [0.15, 0.2) is 5.76 Å². The lowest BCUT2D eigenvalue weighted by Gasteiger charge is -2.18. The topological polar surface area (TPSA) is 60.8 Å². The first-order chi connectivity index (χ1) is 14.2. The van der Waals surface area contributed by atoms with E-state index in [0.29, 0.717) is 6.61 Å². The van der Waals surface area contributed by atoms with Crippen molar-refractivity contribution in [1.29, 1.82) is 0 Å². The number of carbonyl (C=O) groups excluding carboxylic acids is 1. The van der Waals surface area contributed by atoms with Crippen molar-refractivity contribution in [3.63, 3.8) is 0 Å². The van der Waals surface area contributed by atoms with Crippen molar-refractivity contribution in [3.05, 3.63) is 71.8 Å². The molecule has 0 saturated carbocycles. The Balaban J connectivity index is 1.55. The van der Waals surface area contributed by atoms with E-state index in [4.69, 9.17) is 5.11 Å². The van der Waals surface area contributed by atoms with Crippen LogP contribution in [0.5, 0.6) is 0 Å². The summed E-state index contributed by atoms with van der Waals surface area (Å²) in [6, 6.07) is 0. The Bertz CT molecular complexity index is 679. The van der Waals surface area contributed by atoms with Gasteiger partial charge in [-0.3, -0.25) is 4.79 Å². The van der Waals surface area contributed by atoms with Gasteiger partial charge in [0, 0.05) is 25.6 Å². The Morgan fingerprint density at radius 3 is 1.86 bits per heavy atom. The highest BCUT2D eigenvalue weighted by molar-refractivity contribution is 6.04. The van der Waals surface area contributed by atoms with Gasteiger partial charge in [-0.15, -0.1) is 0 Å². The lowest BCUT2D eigenvalue weighted by Crippen LogP contribution is -2.13. The van der Waals surface area contributed by atoms with Crippen LogP contribution < -0.4 is 0 Å². The predicted molar refractivity (Wildman–Crippen MR) is 119 cm³/mol. The fraction of sp³-hybridized carbons (Fsp3) is 0.480. The normalized spacial score (nSPS) is 17.3. The average molecular weight is 398 g/mol. The minimum Gasteiger partial charge on any atom is -0.504 e. The number of ketones is 1. The van der Waals surface area contributed by atoms with Crippen molar-refractivity contribution in [2.24, 2.45) is 0 Å². The van der Waals surface area contributed by atoms with Crippen molar-refractivity contribution in [1.82, 2.24) is 4.90 Å². The Hall–Kier alpha value is -2.33. The van der Waals surface area contributed by atoms with Crippen molar-refractivity contribution in [2.45, 2.75) is 64.2 Å². The number of allylic oxidation sites excluding steroid dienone is 9. The van der Waals surface area contributed by atoms with Crippen LogP contribution >= 0.6 is 0 Å². The van der Waals surface area contributed by atoms with Crippen molar-refractivity contribution < 1.29 is 15.0 Å². The van der Waals surface area contributed by atoms with E-state index in [2.05, 4.69) is 29.5 Å². The minimum atomic E-state index is -0.350. The second-order valence-corrected chi connectivity index (χ2v) is 7.69. The van der Waals surface area contributed by atoms with Gasteiger partial charge in [0.1, 0.15) is 0 Å². The number of nitrogens with zero attached hydrogens (tertiary/aromatic N) is 1. The molecule has 0 atom stereocenters. The second-order valence-electron chi connectivity index (χ2n) is 7.69. The summed E-state index contributed by atoms with van der Waals surface area (Å²) in [4.78, 5) is 13.4. The van der Waals surface area contributed by atoms with E-state index in [1.54, 1.807) is 6.08 Å². The minimum absolute atomic E-state index is 0.212. The van der Waals surface area contributed by atoms with Crippen LogP contribution in [0.25, 0.3) is 0 Å². The molecule has 29 heavy (non-hydrogen) atoms. The van der Waals surface area contributed by atoms with Crippen LogP contribution in [-0.2, 0) is 4.79 Å². The molecule has 0 aromatic carbocycles. The fourth-order valence-corrected chi connectivity index (χ4v) is 3.38. The maximum Gasteiger partial charge on any atom is 0.220 e. The molecule has 0 unspecified atom stereocenters. The summed E-state index contributed by atoms with van der Waals surface area (Å²) in [5, 5.41) is 18.2. The van der Waals surface area contributed by atoms with Gasteiger partial charge in [0.25, 0.3) is 0 Å². The molecule has 0 spiro atoms. The van der Waals surface area contributed by atoms with E-state index in [9.17, 15) is 9.90 Å². The Morgan fingerprint density at radius 2 is 1.28 bits per heavy atom. The molecule has 158 valence electrons. The first-order valence-corrected chi connectivity index (χ1v) is 11.0. The molecule has 0 saturated heterocycles. The van der Waals surface area contributed by atoms with Crippen LogP contribution in [0.2, 0.25) is 0 Å². The molecule has 4 nitrogen and oxygen atoms in total. The van der Waals surface area contributed by atoms with Crippen LogP contribution in [0.4, 0.5) is 0 Å². The smallest absolute Gasteiger partial charge is 0.220 e. The molecule has 0 amide bonds. The highest BCUT2D eigenvalue weighted by atomic mass is 16.3. The van der Waals surface area contributed by atoms with Crippen LogP contribution in [-0.4, -0.2) is 34.0 Å². The Kier molecular flexibility index (Phi) is 10.9. The predicted octanol–water partition coefficient (Wildman–Crippen LogP) is 5.66. The molecule has 1 aliphatic carbocycles. The molecule has 4 heteroatoms. The summed E-state index contributed by atoms with van der Waals surface area (Å²) >= 11 is 0. The maximum atomic E-state index is 11.2. The summed E-state index contributed by atoms with van der Waals surface area (Å²) < 4.78 is 0. The van der Waals surface area contributed by atoms with Gasteiger partial charge in [-0.25, -0.2) is 0 Å². The van der Waals surface area contributed by atoms with E-state index in [1.807, 2.05) is 12.2 Å². The first kappa shape index (κ1) is 23.0. The standard InChI is InChI=1S/C25H35NO3/c27-20-10-8-6-4-2-1-3-5-7-9-17-26-18-15-22(16-19-26)11-12-23-13-14-24(28)25(29)21-23/h11-16,18-19,21,27,29H,1-10,17,20H2. The molecule has 2 rings (SSSR count). The monoisotopic (exact) mass is 397 g/mol. The summed E-state index contributed by atoms with van der Waals surface area (Å²) in [6.07, 6.45) is 29.3. The molecule has 0 aromatic rings. The lowest BCUT2D eigenvalue weighted by atomic mass is 10.1. The molecule has 0 radical (unpaired) electrons. The highest BCUT2D eigenvalue weighted by Gasteiger charge is 2.08. The fourth-order valence-electron chi connectivity index (χ4n) is 3.38. The SMILES string of the molecule is O=C1C=CC(=CC=C2C=CN(CCCCCCCCCCCCO)C=C2)C=C1O. The number of aliphatic hydroxyl groups excluding tert-OH is 2. The van der Waals surface area contributed by atoms with Crippen molar-refractivity contribution in [3.8, 4) is 0 Å². The maximum absolute atomic E-state index is 11.2. The van der Waals surface area contributed by atoms with Crippen molar-refractivity contribution >= 4 is 5.78 Å². The van der Waals surface area contributed by atoms with E-state index >= 15 is 0 Å². The molecule has 0 fully saturated rings. The third-order valence-electron chi connectivity index (χ3n) is 5.19. The van der Waals surface area contributed by atoms with Gasteiger partial charge >= 0.3 is 0 Å². The zero-order chi connectivity index (χ0) is 20.7. The molecule has 2 N–H and O–H groups in total. The number of unbranched alkanes of at least 4 members (excludes halogenated alkanes) is 9. The van der Waals surface area contributed by atoms with E-state index in [-0.39, 0.29) is 11.5 Å². The lowest BCUT2D eigenvalue weighted by molar-refractivity contribution is -0.113. The molecule has 2 aliphatic rings. The first-order valence-electron chi connectivity index (χ1n) is 11.0. The number of hydrogen-bond donors (Lipinski definition) is 2. The third-order valence-corrected chi connectivity index (χ3v) is 5.19. The average Bonchev–Trinajstić information content (AvgIpc) is 2.74. The Labute approximate surface area is 175 Å². The largest absolute Gasteiger partial charge is 0.504 e. The highest BCUT2D eigenvalue weighted by Crippen LogP contribution is 2.15. The third kappa shape index (κ3) is 9.62. The summed E-state index contributed by atoms with van der Waals surface area (Å²) in [7, 11) is 0. The van der Waals surface area contributed by atoms with Gasteiger partial charge < -0.3 is 15.1 Å². The van der Waals surface area contributed by atoms with Gasteiger partial charge in [-0.1, -0.05) is 69.6 Å². The number of hydrogen-bond acceptors (Lipinski definition) is 4. The quantitative estimate of drug-likeness (QED) is 0.394. The molecule has 0 bridgehead atoms. The van der Waals surface area contributed by atoms with E-state index < -0.39 is 0 Å². The number of aliphatic hydroxyl groups is 2. The molecule has 1 aliphatic heterocycles. The summed E-state index contributed by atoms with van der Waals surface area (Å²) in [5.41, 5.74) is 1.90. The van der Waals surface area contributed by atoms with Crippen LogP contribution in [0.15, 0.2) is 71.8 Å². The van der Waals surface area contributed by atoms with Crippen LogP contribution in [0.3, 0.4) is 0 Å². The van der Waals surface area contributed by atoms with Crippen LogP contribution in [0.1, 0.15) is 64.2 Å². The van der Waals surface area contributed by atoms with Gasteiger partial charge in [0.2, 0.25) is 5.78 Å². The van der Waals surface area contributed by atoms with Crippen LogP contribution in [0, 0.1) is 0 Å². The number of carbonyl (C=O) groups is 1. The zero-order valence-electron chi connectivity index (χ0n) is 17.4. The number of rotatable bonds is 13. The van der Waals surface area contributed by atoms with Gasteiger partial charge in [0.05, 0.1) is 0 Å². The summed E-state index contributed by atoms with van der Waals surface area (Å²) in [5.74, 6) is -0.562. The zero-order valence-corrected chi connectivity index (χ0v) is 17.4. The van der Waals surface area contributed by atoms with Gasteiger partial charge in [-0.2, -0.15) is 0 Å². The Morgan fingerprint density at radius 1 is 0.724 bits per heavy atom. The van der Waals surface area contributed by atoms with E-state index in [1.165, 1.54) is 69.9 Å². The van der Waals surface area contributed by atoms with Crippen molar-refractivity contribution in [2.75, 3.05) is 13.2 Å².